The van der Waals surface area contributed by atoms with Crippen molar-refractivity contribution in [1.82, 2.24) is 4.72 Å². The Bertz CT molecular complexity index is 1380. The van der Waals surface area contributed by atoms with E-state index in [1.807, 2.05) is 48.5 Å². The Morgan fingerprint density at radius 3 is 2.09 bits per heavy atom. The molecule has 4 rings (SSSR count). The van der Waals surface area contributed by atoms with Crippen LogP contribution in [0.15, 0.2) is 114 Å². The minimum Gasteiger partial charge on any atom is -0.455 e. The molecular weight excluding hydrogens is 484 g/mol. The number of halogens is 1. The summed E-state index contributed by atoms with van der Waals surface area (Å²) in [5.74, 6) is 0.528. The highest BCUT2D eigenvalue weighted by Crippen LogP contribution is 2.29. The van der Waals surface area contributed by atoms with Crippen LogP contribution >= 0.6 is 11.6 Å². The van der Waals surface area contributed by atoms with E-state index in [1.165, 1.54) is 24.3 Å². The number of rotatable bonds is 9. The maximum absolute atomic E-state index is 13.4. The Labute approximate surface area is 209 Å². The molecule has 4 aromatic rings. The van der Waals surface area contributed by atoms with E-state index in [0.717, 1.165) is 5.56 Å². The summed E-state index contributed by atoms with van der Waals surface area (Å²) >= 11 is 5.90. The molecule has 8 heteroatoms. The van der Waals surface area contributed by atoms with Gasteiger partial charge in [-0.25, -0.2) is 8.42 Å². The van der Waals surface area contributed by atoms with Gasteiger partial charge < -0.3 is 10.1 Å². The Hall–Kier alpha value is -3.65. The average Bonchev–Trinajstić information content (AvgIpc) is 2.86. The molecule has 1 atom stereocenters. The number of ether oxygens (including phenoxy) is 1. The molecule has 0 aliphatic rings. The van der Waals surface area contributed by atoms with Gasteiger partial charge in [-0.15, -0.1) is 0 Å². The highest BCUT2D eigenvalue weighted by molar-refractivity contribution is 7.89. The number of benzene rings is 4. The lowest BCUT2D eigenvalue weighted by molar-refractivity contribution is -0.117. The molecular formula is C27H23ClN2O4S. The third kappa shape index (κ3) is 6.70. The van der Waals surface area contributed by atoms with Gasteiger partial charge in [0.1, 0.15) is 11.8 Å². The number of anilines is 1. The molecule has 0 aromatic heterocycles. The van der Waals surface area contributed by atoms with Crippen LogP contribution in [0.2, 0.25) is 5.02 Å². The van der Waals surface area contributed by atoms with Crippen molar-refractivity contribution in [1.29, 1.82) is 0 Å². The third-order valence-electron chi connectivity index (χ3n) is 5.14. The molecule has 0 bridgehead atoms. The lowest BCUT2D eigenvalue weighted by Crippen LogP contribution is -2.45. The molecule has 0 aliphatic heterocycles. The Morgan fingerprint density at radius 1 is 0.800 bits per heavy atom. The molecule has 1 amide bonds. The predicted molar refractivity (Wildman–Crippen MR) is 137 cm³/mol. The van der Waals surface area contributed by atoms with Crippen molar-refractivity contribution in [3.8, 4) is 11.5 Å². The number of hydrogen-bond donors (Lipinski definition) is 2. The van der Waals surface area contributed by atoms with Gasteiger partial charge in [0.05, 0.1) is 10.6 Å². The van der Waals surface area contributed by atoms with Crippen molar-refractivity contribution in [2.24, 2.45) is 0 Å². The SMILES string of the molecule is O=C(Nc1ccccc1Oc1ccccc1)[C@H](Cc1ccccc1)NS(=O)(=O)c1ccc(Cl)cc1. The van der Waals surface area contributed by atoms with Crippen LogP contribution in [-0.2, 0) is 21.2 Å². The van der Waals surface area contributed by atoms with Crippen molar-refractivity contribution >= 4 is 33.2 Å². The van der Waals surface area contributed by atoms with E-state index >= 15 is 0 Å². The first-order valence-electron chi connectivity index (χ1n) is 10.9. The second-order valence-electron chi connectivity index (χ2n) is 7.72. The molecule has 0 saturated carbocycles. The quantitative estimate of drug-likeness (QED) is 0.307. The Balaban J connectivity index is 1.59. The fraction of sp³-hybridized carbons (Fsp3) is 0.0741. The fourth-order valence-corrected chi connectivity index (χ4v) is 4.72. The van der Waals surface area contributed by atoms with Crippen LogP contribution in [0.5, 0.6) is 11.5 Å². The topological polar surface area (TPSA) is 84.5 Å². The van der Waals surface area contributed by atoms with E-state index in [9.17, 15) is 13.2 Å². The Kier molecular flexibility index (Phi) is 7.82. The molecule has 0 fully saturated rings. The van der Waals surface area contributed by atoms with Gasteiger partial charge in [-0.2, -0.15) is 4.72 Å². The number of hydrogen-bond acceptors (Lipinski definition) is 4. The maximum atomic E-state index is 13.4. The van der Waals surface area contributed by atoms with Crippen molar-refractivity contribution in [2.45, 2.75) is 17.4 Å². The van der Waals surface area contributed by atoms with Crippen molar-refractivity contribution in [2.75, 3.05) is 5.32 Å². The highest BCUT2D eigenvalue weighted by Gasteiger charge is 2.27. The molecule has 0 aliphatic carbocycles. The van der Waals surface area contributed by atoms with Crippen LogP contribution in [0.1, 0.15) is 5.56 Å². The number of amides is 1. The van der Waals surface area contributed by atoms with Gasteiger partial charge in [0, 0.05) is 5.02 Å². The molecule has 0 heterocycles. The molecule has 178 valence electrons. The number of nitrogens with one attached hydrogen (secondary N) is 2. The van der Waals surface area contributed by atoms with Crippen LogP contribution < -0.4 is 14.8 Å². The number of sulfonamides is 1. The molecule has 2 N–H and O–H groups in total. The first kappa shape index (κ1) is 24.5. The van der Waals surface area contributed by atoms with Crippen LogP contribution in [0.4, 0.5) is 5.69 Å². The van der Waals surface area contributed by atoms with E-state index in [4.69, 9.17) is 16.3 Å². The first-order valence-corrected chi connectivity index (χ1v) is 12.7. The second kappa shape index (κ2) is 11.2. The number of carbonyl (C=O) groups is 1. The first-order chi connectivity index (χ1) is 16.9. The van der Waals surface area contributed by atoms with E-state index in [0.29, 0.717) is 22.2 Å². The minimum absolute atomic E-state index is 0.0144. The zero-order valence-corrected chi connectivity index (χ0v) is 20.2. The summed E-state index contributed by atoms with van der Waals surface area (Å²) in [5.41, 5.74) is 1.23. The molecule has 0 radical (unpaired) electrons. The second-order valence-corrected chi connectivity index (χ2v) is 9.87. The van der Waals surface area contributed by atoms with Crippen LogP contribution in [0, 0.1) is 0 Å². The van der Waals surface area contributed by atoms with Gasteiger partial charge in [-0.3, -0.25) is 4.79 Å². The average molecular weight is 507 g/mol. The third-order valence-corrected chi connectivity index (χ3v) is 6.88. The van der Waals surface area contributed by atoms with E-state index in [-0.39, 0.29) is 11.3 Å². The van der Waals surface area contributed by atoms with Gasteiger partial charge in [-0.1, -0.05) is 72.3 Å². The van der Waals surface area contributed by atoms with Crippen LogP contribution in [-0.4, -0.2) is 20.4 Å². The fourth-order valence-electron chi connectivity index (χ4n) is 3.40. The Morgan fingerprint density at radius 2 is 1.40 bits per heavy atom. The van der Waals surface area contributed by atoms with Crippen LogP contribution in [0.25, 0.3) is 0 Å². The molecule has 0 unspecified atom stereocenters. The van der Waals surface area contributed by atoms with Crippen molar-refractivity contribution < 1.29 is 17.9 Å². The standard InChI is InChI=1S/C27H23ClN2O4S/c28-21-15-17-23(18-16-21)35(32,33)30-25(19-20-9-3-1-4-10-20)27(31)29-24-13-7-8-14-26(24)34-22-11-5-2-6-12-22/h1-18,25,30H,19H2,(H,29,31)/t25-/m0/s1. The monoisotopic (exact) mass is 506 g/mol. The smallest absolute Gasteiger partial charge is 0.243 e. The van der Waals surface area contributed by atoms with Gasteiger partial charge in [0.25, 0.3) is 0 Å². The van der Waals surface area contributed by atoms with E-state index in [1.54, 1.807) is 36.4 Å². The maximum Gasteiger partial charge on any atom is 0.243 e. The number of para-hydroxylation sites is 3. The largest absolute Gasteiger partial charge is 0.455 e. The summed E-state index contributed by atoms with van der Waals surface area (Å²) in [6, 6.07) is 30.0. The van der Waals surface area contributed by atoms with E-state index < -0.39 is 22.0 Å². The lowest BCUT2D eigenvalue weighted by Gasteiger charge is -2.20. The van der Waals surface area contributed by atoms with E-state index in [2.05, 4.69) is 10.0 Å². The number of carbonyl (C=O) groups excluding carboxylic acids is 1. The van der Waals surface area contributed by atoms with Crippen LogP contribution in [0.3, 0.4) is 0 Å². The normalized spacial score (nSPS) is 12.0. The van der Waals surface area contributed by atoms with Gasteiger partial charge in [-0.05, 0) is 60.5 Å². The highest BCUT2D eigenvalue weighted by atomic mass is 35.5. The summed E-state index contributed by atoms with van der Waals surface area (Å²) in [5, 5.41) is 3.24. The van der Waals surface area contributed by atoms with Gasteiger partial charge in [0.2, 0.25) is 15.9 Å². The minimum atomic E-state index is -3.99. The molecule has 0 spiro atoms. The zero-order valence-electron chi connectivity index (χ0n) is 18.6. The van der Waals surface area contributed by atoms with Gasteiger partial charge >= 0.3 is 0 Å². The summed E-state index contributed by atoms with van der Waals surface area (Å²) in [4.78, 5) is 13.4. The summed E-state index contributed by atoms with van der Waals surface area (Å²) in [6.45, 7) is 0. The lowest BCUT2D eigenvalue weighted by atomic mass is 10.1. The summed E-state index contributed by atoms with van der Waals surface area (Å²) in [6.07, 6.45) is 0.154. The van der Waals surface area contributed by atoms with Gasteiger partial charge in [0.15, 0.2) is 5.75 Å². The summed E-state index contributed by atoms with van der Waals surface area (Å²) < 4.78 is 34.6. The molecule has 6 nitrogen and oxygen atoms in total. The summed E-state index contributed by atoms with van der Waals surface area (Å²) in [7, 11) is -3.99. The van der Waals surface area contributed by atoms with Crippen molar-refractivity contribution in [3.63, 3.8) is 0 Å². The molecule has 0 saturated heterocycles. The molecule has 35 heavy (non-hydrogen) atoms. The molecule has 4 aromatic carbocycles. The zero-order chi connectivity index (χ0) is 24.7. The van der Waals surface area contributed by atoms with Crippen molar-refractivity contribution in [3.05, 3.63) is 120 Å². The predicted octanol–water partition coefficient (Wildman–Crippen LogP) is 5.66.